The van der Waals surface area contributed by atoms with Crippen LogP contribution >= 0.6 is 15.9 Å². The Hall–Kier alpha value is -1.80. The summed E-state index contributed by atoms with van der Waals surface area (Å²) in [6.07, 6.45) is 3.21. The molecule has 2 aromatic carbocycles. The molecule has 1 aliphatic rings. The van der Waals surface area contributed by atoms with E-state index >= 15 is 0 Å². The van der Waals surface area contributed by atoms with Gasteiger partial charge in [0.1, 0.15) is 0 Å². The van der Waals surface area contributed by atoms with Crippen LogP contribution in [0.25, 0.3) is 6.08 Å². The van der Waals surface area contributed by atoms with E-state index in [1.54, 1.807) is 18.2 Å². The van der Waals surface area contributed by atoms with Crippen molar-refractivity contribution in [3.05, 3.63) is 70.2 Å². The summed E-state index contributed by atoms with van der Waals surface area (Å²) in [5, 5.41) is 0. The van der Waals surface area contributed by atoms with Crippen molar-refractivity contribution in [2.45, 2.75) is 4.90 Å². The van der Waals surface area contributed by atoms with Crippen molar-refractivity contribution >= 4 is 37.8 Å². The normalized spacial score (nSPS) is 16.0. The molecule has 0 aliphatic carbocycles. The molecule has 136 valence electrons. The van der Waals surface area contributed by atoms with Gasteiger partial charge < -0.3 is 4.74 Å². The smallest absolute Gasteiger partial charge is 0.243 e. The Labute approximate surface area is 161 Å². The molecule has 1 aliphatic heterocycles. The van der Waals surface area contributed by atoms with Crippen LogP contribution in [-0.4, -0.2) is 44.8 Å². The largest absolute Gasteiger partial charge is 0.379 e. The highest BCUT2D eigenvalue weighted by Crippen LogP contribution is 2.18. The highest BCUT2D eigenvalue weighted by molar-refractivity contribution is 9.10. The number of hydrogen-bond donors (Lipinski definition) is 0. The van der Waals surface area contributed by atoms with Crippen molar-refractivity contribution < 1.29 is 17.9 Å². The second kappa shape index (κ2) is 8.26. The quantitative estimate of drug-likeness (QED) is 0.533. The first-order valence-electron chi connectivity index (χ1n) is 8.13. The first kappa shape index (κ1) is 19.0. The van der Waals surface area contributed by atoms with E-state index in [0.29, 0.717) is 31.9 Å². The minimum Gasteiger partial charge on any atom is -0.379 e. The van der Waals surface area contributed by atoms with Crippen molar-refractivity contribution in [3.8, 4) is 0 Å². The molecular formula is C19H18BrNO4S. The summed E-state index contributed by atoms with van der Waals surface area (Å²) in [5.41, 5.74) is 1.34. The minimum absolute atomic E-state index is 0.180. The lowest BCUT2D eigenvalue weighted by Crippen LogP contribution is -2.40. The molecule has 0 atom stereocenters. The van der Waals surface area contributed by atoms with E-state index in [0.717, 1.165) is 10.0 Å². The summed E-state index contributed by atoms with van der Waals surface area (Å²) in [6.45, 7) is 1.49. The lowest BCUT2D eigenvalue weighted by molar-refractivity contribution is 0.0730. The van der Waals surface area contributed by atoms with Gasteiger partial charge in [0.25, 0.3) is 0 Å². The van der Waals surface area contributed by atoms with Crippen molar-refractivity contribution in [1.82, 2.24) is 4.31 Å². The number of sulfonamides is 1. The van der Waals surface area contributed by atoms with Gasteiger partial charge in [-0.1, -0.05) is 34.1 Å². The molecule has 5 nitrogen and oxygen atoms in total. The van der Waals surface area contributed by atoms with E-state index in [-0.39, 0.29) is 10.7 Å². The van der Waals surface area contributed by atoms with Gasteiger partial charge in [0.2, 0.25) is 10.0 Å². The third-order valence-corrected chi connectivity index (χ3v) is 6.43. The standard InChI is InChI=1S/C19H18BrNO4S/c20-17-3-1-2-15(14-17)4-9-19(22)16-5-7-18(8-6-16)26(23,24)21-10-12-25-13-11-21/h1-9,14H,10-13H2. The van der Waals surface area contributed by atoms with Gasteiger partial charge in [0, 0.05) is 23.1 Å². The molecule has 0 unspecified atom stereocenters. The van der Waals surface area contributed by atoms with Gasteiger partial charge >= 0.3 is 0 Å². The van der Waals surface area contributed by atoms with Crippen molar-refractivity contribution in [2.75, 3.05) is 26.3 Å². The second-order valence-electron chi connectivity index (χ2n) is 5.79. The molecule has 0 N–H and O–H groups in total. The number of carbonyl (C=O) groups is 1. The maximum Gasteiger partial charge on any atom is 0.243 e. The fraction of sp³-hybridized carbons (Fsp3) is 0.211. The van der Waals surface area contributed by atoms with Gasteiger partial charge in [-0.15, -0.1) is 0 Å². The number of benzene rings is 2. The van der Waals surface area contributed by atoms with Crippen molar-refractivity contribution in [3.63, 3.8) is 0 Å². The van der Waals surface area contributed by atoms with Crippen LogP contribution < -0.4 is 0 Å². The second-order valence-corrected chi connectivity index (χ2v) is 8.65. The van der Waals surface area contributed by atoms with E-state index in [9.17, 15) is 13.2 Å². The van der Waals surface area contributed by atoms with Gasteiger partial charge in [-0.05, 0) is 48.0 Å². The summed E-state index contributed by atoms with van der Waals surface area (Å²) in [5.74, 6) is -0.180. The summed E-state index contributed by atoms with van der Waals surface area (Å²) >= 11 is 3.39. The number of ether oxygens (including phenoxy) is 1. The minimum atomic E-state index is -3.55. The van der Waals surface area contributed by atoms with Crippen LogP contribution in [0.4, 0.5) is 0 Å². The number of ketones is 1. The molecule has 0 radical (unpaired) electrons. The maximum absolute atomic E-state index is 12.6. The first-order valence-corrected chi connectivity index (χ1v) is 10.4. The summed E-state index contributed by atoms with van der Waals surface area (Å²) in [6, 6.07) is 13.6. The zero-order valence-electron chi connectivity index (χ0n) is 14.0. The topological polar surface area (TPSA) is 63.7 Å². The van der Waals surface area contributed by atoms with Crippen LogP contribution in [-0.2, 0) is 14.8 Å². The molecule has 2 aromatic rings. The maximum atomic E-state index is 12.6. The van der Waals surface area contributed by atoms with E-state index in [1.807, 2.05) is 24.3 Å². The molecule has 26 heavy (non-hydrogen) atoms. The molecule has 1 fully saturated rings. The van der Waals surface area contributed by atoms with E-state index in [4.69, 9.17) is 4.74 Å². The highest BCUT2D eigenvalue weighted by Gasteiger charge is 2.26. The molecular weight excluding hydrogens is 418 g/mol. The van der Waals surface area contributed by atoms with Crippen molar-refractivity contribution in [2.24, 2.45) is 0 Å². The zero-order chi connectivity index (χ0) is 18.6. The number of rotatable bonds is 5. The Morgan fingerprint density at radius 1 is 1.08 bits per heavy atom. The number of carbonyl (C=O) groups excluding carboxylic acids is 1. The van der Waals surface area contributed by atoms with Crippen LogP contribution in [0.1, 0.15) is 15.9 Å². The predicted octanol–water partition coefficient (Wildman–Crippen LogP) is 3.37. The molecule has 0 saturated carbocycles. The first-order chi connectivity index (χ1) is 12.5. The van der Waals surface area contributed by atoms with Gasteiger partial charge in [-0.2, -0.15) is 4.31 Å². The lowest BCUT2D eigenvalue weighted by Gasteiger charge is -2.26. The Morgan fingerprint density at radius 2 is 1.77 bits per heavy atom. The lowest BCUT2D eigenvalue weighted by atomic mass is 10.1. The van der Waals surface area contributed by atoms with Crippen LogP contribution in [0.2, 0.25) is 0 Å². The van der Waals surface area contributed by atoms with Gasteiger partial charge in [-0.3, -0.25) is 4.79 Å². The Kier molecular flexibility index (Phi) is 6.03. The average molecular weight is 436 g/mol. The number of morpholine rings is 1. The molecule has 0 amide bonds. The van der Waals surface area contributed by atoms with Crippen LogP contribution in [0.5, 0.6) is 0 Å². The number of halogens is 1. The third-order valence-electron chi connectivity index (χ3n) is 4.02. The monoisotopic (exact) mass is 435 g/mol. The molecule has 1 saturated heterocycles. The molecule has 7 heteroatoms. The van der Waals surface area contributed by atoms with Gasteiger partial charge in [-0.25, -0.2) is 8.42 Å². The Bertz CT molecular complexity index is 917. The summed E-state index contributed by atoms with van der Waals surface area (Å²) < 4.78 is 32.7. The number of allylic oxidation sites excluding steroid dienone is 1. The molecule has 3 rings (SSSR count). The molecule has 0 spiro atoms. The Balaban J connectivity index is 1.73. The van der Waals surface area contributed by atoms with E-state index in [2.05, 4.69) is 15.9 Å². The summed E-state index contributed by atoms with van der Waals surface area (Å²) in [4.78, 5) is 12.5. The fourth-order valence-electron chi connectivity index (χ4n) is 2.61. The molecule has 1 heterocycles. The molecule has 0 bridgehead atoms. The van der Waals surface area contributed by atoms with Gasteiger partial charge in [0.15, 0.2) is 5.78 Å². The number of hydrogen-bond acceptors (Lipinski definition) is 4. The SMILES string of the molecule is O=C(C=Cc1cccc(Br)c1)c1ccc(S(=O)(=O)N2CCOCC2)cc1. The third kappa shape index (κ3) is 4.48. The van der Waals surface area contributed by atoms with Crippen LogP contribution in [0.15, 0.2) is 64.0 Å². The number of nitrogens with zero attached hydrogens (tertiary/aromatic N) is 1. The van der Waals surface area contributed by atoms with Crippen LogP contribution in [0.3, 0.4) is 0 Å². The average Bonchev–Trinajstić information content (AvgIpc) is 2.67. The van der Waals surface area contributed by atoms with E-state index in [1.165, 1.54) is 22.5 Å². The van der Waals surface area contributed by atoms with Crippen molar-refractivity contribution in [1.29, 1.82) is 0 Å². The zero-order valence-corrected chi connectivity index (χ0v) is 16.4. The highest BCUT2D eigenvalue weighted by atomic mass is 79.9. The van der Waals surface area contributed by atoms with E-state index < -0.39 is 10.0 Å². The molecule has 0 aromatic heterocycles. The van der Waals surface area contributed by atoms with Crippen LogP contribution in [0, 0.1) is 0 Å². The summed E-state index contributed by atoms with van der Waals surface area (Å²) in [7, 11) is -3.55. The van der Waals surface area contributed by atoms with Gasteiger partial charge in [0.05, 0.1) is 18.1 Å². The fourth-order valence-corrected chi connectivity index (χ4v) is 4.43. The predicted molar refractivity (Wildman–Crippen MR) is 104 cm³/mol. The Morgan fingerprint density at radius 3 is 2.42 bits per heavy atom.